The van der Waals surface area contributed by atoms with E-state index in [2.05, 4.69) is 12.2 Å². The van der Waals surface area contributed by atoms with E-state index >= 15 is 0 Å². The predicted octanol–water partition coefficient (Wildman–Crippen LogP) is 3.03. The van der Waals surface area contributed by atoms with Gasteiger partial charge in [0, 0.05) is 18.8 Å². The van der Waals surface area contributed by atoms with E-state index in [9.17, 15) is 13.2 Å². The van der Waals surface area contributed by atoms with Gasteiger partial charge in [0.2, 0.25) is 15.9 Å². The summed E-state index contributed by atoms with van der Waals surface area (Å²) in [5.74, 6) is -0.304. The van der Waals surface area contributed by atoms with Crippen LogP contribution in [0.4, 0.5) is 5.69 Å². The number of nitrogens with zero attached hydrogens (tertiary/aromatic N) is 1. The Morgan fingerprint density at radius 3 is 2.56 bits per heavy atom. The number of carbonyl (C=O) groups excluding carboxylic acids is 1. The van der Waals surface area contributed by atoms with Crippen LogP contribution in [-0.4, -0.2) is 38.0 Å². The molecule has 1 aromatic rings. The van der Waals surface area contributed by atoms with Crippen molar-refractivity contribution < 1.29 is 13.2 Å². The average Bonchev–Trinajstić information content (AvgIpc) is 2.95. The Kier molecular flexibility index (Phi) is 5.21. The standard InChI is InChI=1S/C19H28N2O3S/c1-3-15-9-5-6-10-17(15)20-18(22)16-13-21(25(2,23)24)14-19(16)11-7-4-8-12-19/h5-6,9-10,16H,3-4,7-8,11-14H2,1-2H3,(H,20,22). The van der Waals surface area contributed by atoms with E-state index in [1.165, 1.54) is 17.0 Å². The summed E-state index contributed by atoms with van der Waals surface area (Å²) in [6, 6.07) is 7.83. The summed E-state index contributed by atoms with van der Waals surface area (Å²) >= 11 is 0. The van der Waals surface area contributed by atoms with Gasteiger partial charge in [0.1, 0.15) is 0 Å². The second-order valence-electron chi connectivity index (χ2n) is 7.53. The average molecular weight is 365 g/mol. The Labute approximate surface area is 150 Å². The predicted molar refractivity (Wildman–Crippen MR) is 99.9 cm³/mol. The molecule has 1 saturated carbocycles. The van der Waals surface area contributed by atoms with E-state index in [1.54, 1.807) is 0 Å². The molecule has 2 fully saturated rings. The van der Waals surface area contributed by atoms with Crippen molar-refractivity contribution in [2.24, 2.45) is 11.3 Å². The molecule has 1 aliphatic carbocycles. The van der Waals surface area contributed by atoms with Crippen LogP contribution in [0.5, 0.6) is 0 Å². The third-order valence-corrected chi connectivity index (χ3v) is 7.12. The number of anilines is 1. The fourth-order valence-corrected chi connectivity index (χ4v) is 5.38. The van der Waals surface area contributed by atoms with Crippen LogP contribution in [0.15, 0.2) is 24.3 Å². The summed E-state index contributed by atoms with van der Waals surface area (Å²) in [5, 5.41) is 3.09. The van der Waals surface area contributed by atoms with Crippen LogP contribution in [0.3, 0.4) is 0 Å². The third-order valence-electron chi connectivity index (χ3n) is 5.91. The van der Waals surface area contributed by atoms with Gasteiger partial charge in [0.15, 0.2) is 0 Å². The first kappa shape index (κ1) is 18.4. The minimum atomic E-state index is -3.28. The van der Waals surface area contributed by atoms with E-state index in [4.69, 9.17) is 0 Å². The second kappa shape index (κ2) is 7.08. The summed E-state index contributed by atoms with van der Waals surface area (Å²) in [4.78, 5) is 13.1. The topological polar surface area (TPSA) is 66.5 Å². The van der Waals surface area contributed by atoms with Gasteiger partial charge in [0.05, 0.1) is 12.2 Å². The molecule has 25 heavy (non-hydrogen) atoms. The molecule has 1 heterocycles. The highest BCUT2D eigenvalue weighted by Crippen LogP contribution is 2.48. The van der Waals surface area contributed by atoms with Crippen molar-refractivity contribution in [3.05, 3.63) is 29.8 Å². The molecule has 3 rings (SSSR count). The highest BCUT2D eigenvalue weighted by Gasteiger charge is 2.52. The van der Waals surface area contributed by atoms with Crippen molar-refractivity contribution >= 4 is 21.6 Å². The molecule has 1 atom stereocenters. The Bertz CT molecular complexity index is 739. The van der Waals surface area contributed by atoms with Gasteiger partial charge in [-0.3, -0.25) is 4.79 Å². The van der Waals surface area contributed by atoms with E-state index in [-0.39, 0.29) is 17.2 Å². The third kappa shape index (κ3) is 3.75. The fourth-order valence-electron chi connectivity index (χ4n) is 4.47. The van der Waals surface area contributed by atoms with Crippen molar-refractivity contribution in [3.8, 4) is 0 Å². The van der Waals surface area contributed by atoms with Gasteiger partial charge in [-0.05, 0) is 36.3 Å². The van der Waals surface area contributed by atoms with Crippen molar-refractivity contribution in [3.63, 3.8) is 0 Å². The lowest BCUT2D eigenvalue weighted by Gasteiger charge is -2.37. The summed E-state index contributed by atoms with van der Waals surface area (Å²) in [6.45, 7) is 2.85. The minimum absolute atomic E-state index is 0.0334. The molecule has 1 amide bonds. The molecule has 2 aliphatic rings. The lowest BCUT2D eigenvalue weighted by molar-refractivity contribution is -0.123. The molecule has 1 unspecified atom stereocenters. The summed E-state index contributed by atoms with van der Waals surface area (Å²) in [5.41, 5.74) is 1.75. The number of para-hydroxylation sites is 1. The summed E-state index contributed by atoms with van der Waals surface area (Å²) in [6.07, 6.45) is 7.30. The number of hydrogen-bond acceptors (Lipinski definition) is 3. The maximum atomic E-state index is 13.1. The molecule has 0 aromatic heterocycles. The fraction of sp³-hybridized carbons (Fsp3) is 0.632. The van der Waals surface area contributed by atoms with Crippen LogP contribution in [0.1, 0.15) is 44.6 Å². The molecule has 1 aliphatic heterocycles. The molecule has 138 valence electrons. The van der Waals surface area contributed by atoms with Crippen LogP contribution < -0.4 is 5.32 Å². The van der Waals surface area contributed by atoms with Crippen molar-refractivity contribution in [1.29, 1.82) is 0 Å². The van der Waals surface area contributed by atoms with Gasteiger partial charge >= 0.3 is 0 Å². The van der Waals surface area contributed by atoms with Crippen LogP contribution in [0.2, 0.25) is 0 Å². The monoisotopic (exact) mass is 364 g/mol. The minimum Gasteiger partial charge on any atom is -0.326 e. The molecule has 1 aromatic carbocycles. The molecular weight excluding hydrogens is 336 g/mol. The summed E-state index contributed by atoms with van der Waals surface area (Å²) in [7, 11) is -3.28. The summed E-state index contributed by atoms with van der Waals surface area (Å²) < 4.78 is 25.7. The first-order chi connectivity index (χ1) is 11.9. The van der Waals surface area contributed by atoms with Gasteiger partial charge in [-0.1, -0.05) is 44.4 Å². The Morgan fingerprint density at radius 1 is 1.24 bits per heavy atom. The zero-order valence-electron chi connectivity index (χ0n) is 15.1. The van der Waals surface area contributed by atoms with Gasteiger partial charge in [-0.25, -0.2) is 12.7 Å². The zero-order valence-corrected chi connectivity index (χ0v) is 15.9. The molecule has 1 N–H and O–H groups in total. The van der Waals surface area contributed by atoms with Gasteiger partial charge < -0.3 is 5.32 Å². The Hall–Kier alpha value is -1.40. The van der Waals surface area contributed by atoms with Crippen molar-refractivity contribution in [1.82, 2.24) is 4.31 Å². The SMILES string of the molecule is CCc1ccccc1NC(=O)C1CN(S(C)(=O)=O)CC12CCCCC2. The first-order valence-corrected chi connectivity index (χ1v) is 11.0. The normalized spacial score (nSPS) is 23.7. The number of aryl methyl sites for hydroxylation is 1. The van der Waals surface area contributed by atoms with Crippen LogP contribution >= 0.6 is 0 Å². The van der Waals surface area contributed by atoms with Crippen LogP contribution in [0, 0.1) is 11.3 Å². The number of carbonyl (C=O) groups is 1. The van der Waals surface area contributed by atoms with Crippen LogP contribution in [0.25, 0.3) is 0 Å². The number of benzene rings is 1. The van der Waals surface area contributed by atoms with Gasteiger partial charge in [-0.2, -0.15) is 0 Å². The maximum absolute atomic E-state index is 13.1. The molecule has 6 heteroatoms. The lowest BCUT2D eigenvalue weighted by atomic mass is 9.67. The highest BCUT2D eigenvalue weighted by atomic mass is 32.2. The quantitative estimate of drug-likeness (QED) is 0.893. The number of rotatable bonds is 4. The molecule has 1 saturated heterocycles. The Morgan fingerprint density at radius 2 is 1.92 bits per heavy atom. The van der Waals surface area contributed by atoms with E-state index in [1.807, 2.05) is 24.3 Å². The molecule has 0 bridgehead atoms. The number of hydrogen-bond donors (Lipinski definition) is 1. The highest BCUT2D eigenvalue weighted by molar-refractivity contribution is 7.88. The van der Waals surface area contributed by atoms with E-state index in [0.717, 1.165) is 43.4 Å². The molecule has 0 radical (unpaired) electrons. The van der Waals surface area contributed by atoms with Gasteiger partial charge in [0.25, 0.3) is 0 Å². The largest absolute Gasteiger partial charge is 0.326 e. The van der Waals surface area contributed by atoms with Crippen LogP contribution in [-0.2, 0) is 21.2 Å². The maximum Gasteiger partial charge on any atom is 0.229 e. The van der Waals surface area contributed by atoms with Gasteiger partial charge in [-0.15, -0.1) is 0 Å². The zero-order chi connectivity index (χ0) is 18.1. The first-order valence-electron chi connectivity index (χ1n) is 9.20. The van der Waals surface area contributed by atoms with Crippen molar-refractivity contribution in [2.75, 3.05) is 24.7 Å². The lowest BCUT2D eigenvalue weighted by Crippen LogP contribution is -2.39. The molecular formula is C19H28N2O3S. The van der Waals surface area contributed by atoms with E-state index < -0.39 is 10.0 Å². The number of nitrogens with one attached hydrogen (secondary N) is 1. The number of amides is 1. The second-order valence-corrected chi connectivity index (χ2v) is 9.51. The van der Waals surface area contributed by atoms with E-state index in [0.29, 0.717) is 13.1 Å². The smallest absolute Gasteiger partial charge is 0.229 e. The molecule has 5 nitrogen and oxygen atoms in total. The van der Waals surface area contributed by atoms with Crippen molar-refractivity contribution in [2.45, 2.75) is 45.4 Å². The number of sulfonamides is 1. The Balaban J connectivity index is 1.85. The molecule has 1 spiro atoms.